The summed E-state index contributed by atoms with van der Waals surface area (Å²) in [7, 11) is 3.95. The summed E-state index contributed by atoms with van der Waals surface area (Å²) in [4.78, 5) is 41.3. The first kappa shape index (κ1) is 24.6. The summed E-state index contributed by atoms with van der Waals surface area (Å²) in [6.45, 7) is 7.83. The quantitative estimate of drug-likeness (QED) is 0.528. The number of ether oxygens (including phenoxy) is 2. The molecule has 1 unspecified atom stereocenters. The van der Waals surface area contributed by atoms with E-state index in [-0.39, 0.29) is 24.2 Å². The summed E-state index contributed by atoms with van der Waals surface area (Å²) in [6, 6.07) is 2.64. The molecule has 9 heteroatoms. The van der Waals surface area contributed by atoms with Gasteiger partial charge in [0.25, 0.3) is 5.91 Å². The van der Waals surface area contributed by atoms with Crippen LogP contribution in [0.5, 0.6) is 11.5 Å². The third-order valence-corrected chi connectivity index (χ3v) is 6.02. The van der Waals surface area contributed by atoms with Gasteiger partial charge in [-0.2, -0.15) is 0 Å². The maximum absolute atomic E-state index is 13.2. The number of nitrogens with zero attached hydrogens (tertiary/aromatic N) is 2. The van der Waals surface area contributed by atoms with E-state index in [9.17, 15) is 14.4 Å². The molecule has 0 spiro atoms. The van der Waals surface area contributed by atoms with Crippen molar-refractivity contribution in [1.82, 2.24) is 20.1 Å². The molecule has 0 aliphatic carbocycles. The van der Waals surface area contributed by atoms with Crippen LogP contribution in [0.2, 0.25) is 0 Å². The van der Waals surface area contributed by atoms with Crippen molar-refractivity contribution in [3.63, 3.8) is 0 Å². The van der Waals surface area contributed by atoms with Crippen molar-refractivity contribution in [2.75, 3.05) is 34.0 Å². The Bertz CT molecular complexity index is 1080. The van der Waals surface area contributed by atoms with E-state index in [1.807, 2.05) is 44.3 Å². The minimum absolute atomic E-state index is 0.00285. The van der Waals surface area contributed by atoms with E-state index in [0.717, 1.165) is 13.0 Å². The molecule has 2 amide bonds. The number of amides is 2. The van der Waals surface area contributed by atoms with Crippen molar-refractivity contribution in [2.45, 2.75) is 46.2 Å². The Hall–Kier alpha value is -3.07. The van der Waals surface area contributed by atoms with Gasteiger partial charge in [-0.1, -0.05) is 20.3 Å². The topological polar surface area (TPSA) is 102 Å². The molecule has 1 aliphatic rings. The van der Waals surface area contributed by atoms with E-state index in [2.05, 4.69) is 10.6 Å². The molecule has 1 aliphatic heterocycles. The van der Waals surface area contributed by atoms with Crippen molar-refractivity contribution < 1.29 is 19.1 Å². The minimum Gasteiger partial charge on any atom is -0.454 e. The summed E-state index contributed by atoms with van der Waals surface area (Å²) in [5, 5.41) is 6.10. The molecule has 1 aromatic carbocycles. The fourth-order valence-corrected chi connectivity index (χ4v) is 3.84. The van der Waals surface area contributed by atoms with Crippen molar-refractivity contribution in [3.05, 3.63) is 34.1 Å². The maximum atomic E-state index is 13.2. The van der Waals surface area contributed by atoms with E-state index in [4.69, 9.17) is 9.47 Å². The van der Waals surface area contributed by atoms with Crippen LogP contribution >= 0.6 is 0 Å². The van der Waals surface area contributed by atoms with E-state index < -0.39 is 17.4 Å². The van der Waals surface area contributed by atoms with Gasteiger partial charge < -0.3 is 29.6 Å². The van der Waals surface area contributed by atoms with Crippen molar-refractivity contribution in [3.8, 4) is 11.5 Å². The van der Waals surface area contributed by atoms with Gasteiger partial charge in [-0.3, -0.25) is 14.4 Å². The number of pyridine rings is 1. The van der Waals surface area contributed by atoms with Crippen LogP contribution in [0.1, 0.15) is 44.0 Å². The SMILES string of the molecule is CCC(C)[C@H](NC(=O)c1cn(CC)c2cc3c(cc2c1=O)OCO3)C(=O)NCCCN(C)C. The van der Waals surface area contributed by atoms with Crippen LogP contribution in [0.4, 0.5) is 0 Å². The van der Waals surface area contributed by atoms with Crippen LogP contribution in [0.15, 0.2) is 23.1 Å². The van der Waals surface area contributed by atoms with Gasteiger partial charge in [0.05, 0.1) is 10.9 Å². The fraction of sp³-hybridized carbons (Fsp3) is 0.542. The fourth-order valence-electron chi connectivity index (χ4n) is 3.84. The second-order valence-electron chi connectivity index (χ2n) is 8.67. The third kappa shape index (κ3) is 5.47. The lowest BCUT2D eigenvalue weighted by Crippen LogP contribution is -2.51. The molecule has 2 atom stereocenters. The van der Waals surface area contributed by atoms with E-state index in [1.54, 1.807) is 18.3 Å². The van der Waals surface area contributed by atoms with Gasteiger partial charge in [-0.25, -0.2) is 0 Å². The van der Waals surface area contributed by atoms with Crippen LogP contribution in [0.25, 0.3) is 10.9 Å². The van der Waals surface area contributed by atoms with E-state index >= 15 is 0 Å². The van der Waals surface area contributed by atoms with E-state index in [0.29, 0.717) is 41.9 Å². The van der Waals surface area contributed by atoms with Gasteiger partial charge in [0, 0.05) is 25.4 Å². The summed E-state index contributed by atoms with van der Waals surface area (Å²) < 4.78 is 12.7. The first-order chi connectivity index (χ1) is 15.8. The van der Waals surface area contributed by atoms with E-state index in [1.165, 1.54) is 0 Å². The Morgan fingerprint density at radius 2 is 1.88 bits per heavy atom. The van der Waals surface area contributed by atoms with Crippen LogP contribution in [-0.4, -0.2) is 61.3 Å². The number of hydrogen-bond acceptors (Lipinski definition) is 6. The second kappa shape index (κ2) is 10.7. The van der Waals surface area contributed by atoms with Crippen molar-refractivity contribution in [2.24, 2.45) is 5.92 Å². The molecule has 2 N–H and O–H groups in total. The molecule has 3 rings (SSSR count). The zero-order valence-electron chi connectivity index (χ0n) is 20.1. The van der Waals surface area contributed by atoms with Gasteiger partial charge in [0.2, 0.25) is 18.1 Å². The highest BCUT2D eigenvalue weighted by molar-refractivity contribution is 6.00. The molecular weight excluding hydrogens is 424 g/mol. The maximum Gasteiger partial charge on any atom is 0.257 e. The number of benzene rings is 1. The number of rotatable bonds is 10. The summed E-state index contributed by atoms with van der Waals surface area (Å²) >= 11 is 0. The second-order valence-corrected chi connectivity index (χ2v) is 8.67. The monoisotopic (exact) mass is 458 g/mol. The van der Waals surface area contributed by atoms with Crippen LogP contribution in [0, 0.1) is 5.92 Å². The van der Waals surface area contributed by atoms with Crippen molar-refractivity contribution in [1.29, 1.82) is 0 Å². The van der Waals surface area contributed by atoms with Crippen LogP contribution in [-0.2, 0) is 11.3 Å². The number of aromatic nitrogens is 1. The summed E-state index contributed by atoms with van der Waals surface area (Å²) in [6.07, 6.45) is 3.06. The van der Waals surface area contributed by atoms with Gasteiger partial charge in [-0.05, 0) is 46.0 Å². The number of carbonyl (C=O) groups is 2. The van der Waals surface area contributed by atoms with Gasteiger partial charge in [0.1, 0.15) is 11.6 Å². The Morgan fingerprint density at radius 3 is 2.52 bits per heavy atom. The normalized spacial score (nSPS) is 14.4. The molecule has 2 heterocycles. The van der Waals surface area contributed by atoms with Crippen LogP contribution in [0.3, 0.4) is 0 Å². The number of fused-ring (bicyclic) bond motifs is 2. The first-order valence-corrected chi connectivity index (χ1v) is 11.5. The number of carbonyl (C=O) groups excluding carboxylic acids is 2. The molecule has 9 nitrogen and oxygen atoms in total. The van der Waals surface area contributed by atoms with Gasteiger partial charge in [-0.15, -0.1) is 0 Å². The lowest BCUT2D eigenvalue weighted by atomic mass is 9.97. The Balaban J connectivity index is 1.86. The van der Waals surface area contributed by atoms with Crippen molar-refractivity contribution >= 4 is 22.7 Å². The standard InChI is InChI=1S/C24H34N4O5/c1-6-15(3)21(24(31)25-9-8-10-27(4)5)26-23(30)17-13-28(7-2)18-12-20-19(32-14-33-20)11-16(18)22(17)29/h11-13,15,21H,6-10,14H2,1-5H3,(H,25,31)(H,26,30)/t15?,21-/m0/s1. The summed E-state index contributed by atoms with van der Waals surface area (Å²) in [5.74, 6) is 0.163. The van der Waals surface area contributed by atoms with Gasteiger partial charge in [0.15, 0.2) is 11.5 Å². The Kier molecular flexibility index (Phi) is 7.97. The number of aryl methyl sites for hydroxylation is 1. The lowest BCUT2D eigenvalue weighted by Gasteiger charge is -2.24. The predicted octanol–water partition coefficient (Wildman–Crippen LogP) is 1.96. The lowest BCUT2D eigenvalue weighted by molar-refractivity contribution is -0.124. The molecule has 0 radical (unpaired) electrons. The molecule has 180 valence electrons. The molecule has 0 fully saturated rings. The highest BCUT2D eigenvalue weighted by atomic mass is 16.7. The average Bonchev–Trinajstić information content (AvgIpc) is 3.26. The molecule has 2 aromatic rings. The largest absolute Gasteiger partial charge is 0.454 e. The third-order valence-electron chi connectivity index (χ3n) is 6.02. The zero-order valence-corrected chi connectivity index (χ0v) is 20.1. The molecule has 0 saturated carbocycles. The van der Waals surface area contributed by atoms with Crippen LogP contribution < -0.4 is 25.5 Å². The molecule has 1 aromatic heterocycles. The Morgan fingerprint density at radius 1 is 1.18 bits per heavy atom. The molecule has 33 heavy (non-hydrogen) atoms. The van der Waals surface area contributed by atoms with Gasteiger partial charge >= 0.3 is 0 Å². The Labute approximate surface area is 194 Å². The number of nitrogens with one attached hydrogen (secondary N) is 2. The number of hydrogen-bond donors (Lipinski definition) is 2. The zero-order chi connectivity index (χ0) is 24.1. The predicted molar refractivity (Wildman–Crippen MR) is 127 cm³/mol. The minimum atomic E-state index is -0.733. The smallest absolute Gasteiger partial charge is 0.257 e. The molecular formula is C24H34N4O5. The average molecular weight is 459 g/mol. The highest BCUT2D eigenvalue weighted by Crippen LogP contribution is 2.35. The highest BCUT2D eigenvalue weighted by Gasteiger charge is 2.28. The summed E-state index contributed by atoms with van der Waals surface area (Å²) in [5.41, 5.74) is 0.261. The first-order valence-electron chi connectivity index (χ1n) is 11.5. The molecule has 0 saturated heterocycles. The molecule has 0 bridgehead atoms.